The Bertz CT molecular complexity index is 444. The van der Waals surface area contributed by atoms with Gasteiger partial charge in [0.1, 0.15) is 0 Å². The van der Waals surface area contributed by atoms with E-state index in [1.165, 1.54) is 6.42 Å². The van der Waals surface area contributed by atoms with Gasteiger partial charge in [0.15, 0.2) is 0 Å². The Morgan fingerprint density at radius 1 is 1.30 bits per heavy atom. The number of hydrogen-bond donors (Lipinski definition) is 1. The molecule has 20 heavy (non-hydrogen) atoms. The summed E-state index contributed by atoms with van der Waals surface area (Å²) in [5, 5.41) is 11.6. The smallest absolute Gasteiger partial charge is 0.0688 e. The summed E-state index contributed by atoms with van der Waals surface area (Å²) in [4.78, 5) is 0. The van der Waals surface area contributed by atoms with Gasteiger partial charge in [-0.1, -0.05) is 50.9 Å². The van der Waals surface area contributed by atoms with E-state index >= 15 is 0 Å². The number of rotatable bonds is 4. The van der Waals surface area contributed by atoms with Crippen LogP contribution < -0.4 is 0 Å². The molecule has 0 bridgehead atoms. The van der Waals surface area contributed by atoms with Crippen molar-refractivity contribution in [2.45, 2.75) is 64.9 Å². The van der Waals surface area contributed by atoms with Crippen molar-refractivity contribution < 1.29 is 5.11 Å². The molecular weight excluding hydrogens is 268 g/mol. The lowest BCUT2D eigenvalue weighted by molar-refractivity contribution is -0.0276. The minimum atomic E-state index is -0.537. The maximum absolute atomic E-state index is 10.8. The van der Waals surface area contributed by atoms with Gasteiger partial charge in [-0.15, -0.1) is 0 Å². The van der Waals surface area contributed by atoms with Gasteiger partial charge < -0.3 is 5.11 Å². The van der Waals surface area contributed by atoms with Crippen LogP contribution in [-0.4, -0.2) is 10.7 Å². The largest absolute Gasteiger partial charge is 0.390 e. The van der Waals surface area contributed by atoms with Crippen molar-refractivity contribution in [2.24, 2.45) is 11.3 Å². The van der Waals surface area contributed by atoms with Crippen molar-refractivity contribution in [1.29, 1.82) is 0 Å². The molecule has 0 unspecified atom stereocenters. The molecule has 0 aliphatic heterocycles. The Balaban J connectivity index is 1.98. The number of aliphatic hydroxyl groups is 1. The highest BCUT2D eigenvalue weighted by atomic mass is 35.5. The normalized spacial score (nSPS) is 27.6. The van der Waals surface area contributed by atoms with Crippen LogP contribution >= 0.6 is 11.6 Å². The number of benzene rings is 1. The van der Waals surface area contributed by atoms with Crippen LogP contribution in [0.25, 0.3) is 0 Å². The summed E-state index contributed by atoms with van der Waals surface area (Å²) in [7, 11) is 0. The molecule has 0 amide bonds. The zero-order valence-corrected chi connectivity index (χ0v) is 13.7. The second kappa shape index (κ2) is 6.07. The molecular formula is C18H27ClO. The van der Waals surface area contributed by atoms with Crippen LogP contribution in [0, 0.1) is 11.3 Å². The van der Waals surface area contributed by atoms with E-state index in [9.17, 15) is 5.11 Å². The Kier molecular flexibility index (Phi) is 4.81. The minimum Gasteiger partial charge on any atom is -0.390 e. The summed E-state index contributed by atoms with van der Waals surface area (Å²) >= 11 is 6.03. The SMILES string of the molecule is CCC(C)(C)C1CCC(O)(Cc2cccc(Cl)c2)CC1. The van der Waals surface area contributed by atoms with Gasteiger partial charge in [0.2, 0.25) is 0 Å². The molecule has 1 aliphatic carbocycles. The van der Waals surface area contributed by atoms with E-state index in [2.05, 4.69) is 26.8 Å². The molecule has 1 saturated carbocycles. The van der Waals surface area contributed by atoms with E-state index in [4.69, 9.17) is 11.6 Å². The Labute approximate surface area is 128 Å². The van der Waals surface area contributed by atoms with Gasteiger partial charge in [0.25, 0.3) is 0 Å². The van der Waals surface area contributed by atoms with Gasteiger partial charge in [-0.05, 0) is 54.7 Å². The summed E-state index contributed by atoms with van der Waals surface area (Å²) in [5.74, 6) is 0.743. The molecule has 0 saturated heterocycles. The lowest BCUT2D eigenvalue weighted by Crippen LogP contribution is -2.39. The topological polar surface area (TPSA) is 20.2 Å². The third-order valence-corrected chi connectivity index (χ3v) is 5.59. The van der Waals surface area contributed by atoms with Gasteiger partial charge in [-0.3, -0.25) is 0 Å². The summed E-state index contributed by atoms with van der Waals surface area (Å²) in [6.45, 7) is 6.99. The molecule has 1 aromatic carbocycles. The lowest BCUT2D eigenvalue weighted by Gasteiger charge is -2.42. The molecule has 0 spiro atoms. The number of halogens is 1. The molecule has 1 fully saturated rings. The highest BCUT2D eigenvalue weighted by molar-refractivity contribution is 6.30. The highest BCUT2D eigenvalue weighted by Crippen LogP contribution is 2.44. The van der Waals surface area contributed by atoms with Crippen LogP contribution in [0.1, 0.15) is 58.4 Å². The van der Waals surface area contributed by atoms with Crippen LogP contribution in [0.5, 0.6) is 0 Å². The van der Waals surface area contributed by atoms with Crippen LogP contribution in [0.3, 0.4) is 0 Å². The Hall–Kier alpha value is -0.530. The summed E-state index contributed by atoms with van der Waals surface area (Å²) in [6, 6.07) is 7.89. The Morgan fingerprint density at radius 3 is 2.50 bits per heavy atom. The molecule has 1 N–H and O–H groups in total. The van der Waals surface area contributed by atoms with Crippen molar-refractivity contribution in [2.75, 3.05) is 0 Å². The maximum atomic E-state index is 10.8. The fourth-order valence-corrected chi connectivity index (χ4v) is 3.64. The highest BCUT2D eigenvalue weighted by Gasteiger charge is 2.38. The first kappa shape index (κ1) is 15.9. The first-order chi connectivity index (χ1) is 9.35. The molecule has 112 valence electrons. The monoisotopic (exact) mass is 294 g/mol. The third-order valence-electron chi connectivity index (χ3n) is 5.35. The minimum absolute atomic E-state index is 0.400. The van der Waals surface area contributed by atoms with Crippen LogP contribution in [0.4, 0.5) is 0 Å². The van der Waals surface area contributed by atoms with E-state index in [-0.39, 0.29) is 0 Å². The van der Waals surface area contributed by atoms with E-state index in [1.54, 1.807) is 0 Å². The van der Waals surface area contributed by atoms with Crippen molar-refractivity contribution in [3.05, 3.63) is 34.9 Å². The van der Waals surface area contributed by atoms with Gasteiger partial charge in [-0.25, -0.2) is 0 Å². The van der Waals surface area contributed by atoms with Crippen LogP contribution in [-0.2, 0) is 6.42 Å². The molecule has 0 atom stereocenters. The average molecular weight is 295 g/mol. The van der Waals surface area contributed by atoms with E-state index < -0.39 is 5.60 Å². The van der Waals surface area contributed by atoms with Gasteiger partial charge >= 0.3 is 0 Å². The zero-order valence-electron chi connectivity index (χ0n) is 13.0. The Morgan fingerprint density at radius 2 is 1.95 bits per heavy atom. The first-order valence-corrected chi connectivity index (χ1v) is 8.19. The first-order valence-electron chi connectivity index (χ1n) is 7.81. The van der Waals surface area contributed by atoms with E-state index in [0.29, 0.717) is 5.41 Å². The molecule has 1 aliphatic rings. The molecule has 0 radical (unpaired) electrons. The van der Waals surface area contributed by atoms with E-state index in [0.717, 1.165) is 48.6 Å². The second-order valence-electron chi connectivity index (χ2n) is 7.15. The molecule has 0 aromatic heterocycles. The van der Waals surface area contributed by atoms with Crippen molar-refractivity contribution >= 4 is 11.6 Å². The average Bonchev–Trinajstić information content (AvgIpc) is 2.39. The molecule has 1 nitrogen and oxygen atoms in total. The fourth-order valence-electron chi connectivity index (χ4n) is 3.43. The summed E-state index contributed by atoms with van der Waals surface area (Å²) in [6.07, 6.45) is 6.04. The van der Waals surface area contributed by atoms with Gasteiger partial charge in [0.05, 0.1) is 5.60 Å². The molecule has 1 aromatic rings. The zero-order chi connectivity index (χ0) is 14.8. The van der Waals surface area contributed by atoms with Crippen molar-refractivity contribution in [1.82, 2.24) is 0 Å². The second-order valence-corrected chi connectivity index (χ2v) is 7.58. The molecule has 0 heterocycles. The molecule has 2 rings (SSSR count). The standard InChI is InChI=1S/C18H27ClO/c1-4-17(2,3)15-8-10-18(20,11-9-15)13-14-6-5-7-16(19)12-14/h5-7,12,15,20H,4,8-11,13H2,1-3H3. The maximum Gasteiger partial charge on any atom is 0.0688 e. The van der Waals surface area contributed by atoms with Crippen molar-refractivity contribution in [3.8, 4) is 0 Å². The number of hydrogen-bond acceptors (Lipinski definition) is 1. The third kappa shape index (κ3) is 3.77. The van der Waals surface area contributed by atoms with Crippen molar-refractivity contribution in [3.63, 3.8) is 0 Å². The predicted octanol–water partition coefficient (Wildman–Crippen LogP) is 5.24. The quantitative estimate of drug-likeness (QED) is 0.805. The van der Waals surface area contributed by atoms with Gasteiger partial charge in [0, 0.05) is 11.4 Å². The lowest BCUT2D eigenvalue weighted by atomic mass is 9.65. The van der Waals surface area contributed by atoms with Crippen LogP contribution in [0.15, 0.2) is 24.3 Å². The summed E-state index contributed by atoms with van der Waals surface area (Å²) in [5.41, 5.74) is 1.01. The van der Waals surface area contributed by atoms with Gasteiger partial charge in [-0.2, -0.15) is 0 Å². The summed E-state index contributed by atoms with van der Waals surface area (Å²) < 4.78 is 0. The fraction of sp³-hybridized carbons (Fsp3) is 0.667. The van der Waals surface area contributed by atoms with Crippen LogP contribution in [0.2, 0.25) is 5.02 Å². The molecule has 2 heteroatoms. The van der Waals surface area contributed by atoms with E-state index in [1.807, 2.05) is 18.2 Å². The predicted molar refractivity (Wildman–Crippen MR) is 86.1 cm³/mol.